The van der Waals surface area contributed by atoms with E-state index in [0.717, 1.165) is 12.8 Å². The first-order chi connectivity index (χ1) is 10.0. The third-order valence-corrected chi connectivity index (χ3v) is 5.68. The van der Waals surface area contributed by atoms with Crippen molar-refractivity contribution in [3.63, 3.8) is 0 Å². The van der Waals surface area contributed by atoms with Crippen molar-refractivity contribution >= 4 is 21.1 Å². The number of likely N-dealkylation sites (N-methyl/N-ethyl adjacent to an activating group) is 1. The number of nitrogens with zero attached hydrogens (tertiary/aromatic N) is 1. The van der Waals surface area contributed by atoms with Gasteiger partial charge in [-0.05, 0) is 32.0 Å². The number of H-pyrrole nitrogens is 1. The van der Waals surface area contributed by atoms with E-state index in [1.165, 1.54) is 16.4 Å². The van der Waals surface area contributed by atoms with Crippen LogP contribution in [0.3, 0.4) is 0 Å². The normalized spacial score (nSPS) is 20.9. The Balaban J connectivity index is 1.97. The fourth-order valence-corrected chi connectivity index (χ4v) is 4.17. The summed E-state index contributed by atoms with van der Waals surface area (Å²) in [5.41, 5.74) is 0.744. The molecule has 1 aliphatic heterocycles. The number of hydrogen-bond acceptors (Lipinski definition) is 5. The lowest BCUT2D eigenvalue weighted by atomic mass is 10.1. The van der Waals surface area contributed by atoms with Crippen molar-refractivity contribution in [2.75, 3.05) is 20.1 Å². The molecule has 1 aromatic heterocycles. The zero-order chi connectivity index (χ0) is 15.0. The predicted octanol–water partition coefficient (Wildman–Crippen LogP) is 0.494. The van der Waals surface area contributed by atoms with E-state index < -0.39 is 15.8 Å². The molecule has 3 rings (SSSR count). The number of piperidine rings is 1. The van der Waals surface area contributed by atoms with E-state index in [1.54, 1.807) is 6.07 Å². The molecule has 7 nitrogen and oxygen atoms in total. The average molecular weight is 311 g/mol. The summed E-state index contributed by atoms with van der Waals surface area (Å²) in [7, 11) is -1.74. The molecule has 1 fully saturated rings. The van der Waals surface area contributed by atoms with Crippen molar-refractivity contribution in [3.05, 3.63) is 28.7 Å². The summed E-state index contributed by atoms with van der Waals surface area (Å²) >= 11 is 0. The largest absolute Gasteiger partial charge is 0.417 e. The minimum atomic E-state index is -3.57. The van der Waals surface area contributed by atoms with Crippen LogP contribution in [0.15, 0.2) is 32.3 Å². The molecular weight excluding hydrogens is 294 g/mol. The number of oxazole rings is 1. The van der Waals surface area contributed by atoms with Crippen molar-refractivity contribution in [2.45, 2.75) is 23.8 Å². The van der Waals surface area contributed by atoms with Gasteiger partial charge in [-0.2, -0.15) is 4.31 Å². The average Bonchev–Trinajstić information content (AvgIpc) is 2.86. The summed E-state index contributed by atoms with van der Waals surface area (Å²) in [5, 5.41) is 3.12. The Morgan fingerprint density at radius 2 is 2.24 bits per heavy atom. The number of nitrogens with one attached hydrogen (secondary N) is 2. The number of rotatable bonds is 3. The highest BCUT2D eigenvalue weighted by Crippen LogP contribution is 2.23. The highest BCUT2D eigenvalue weighted by atomic mass is 32.2. The SMILES string of the molecule is CNC1CCCN(S(=O)(=O)c2ccc3[nH]c(=O)oc3c2)C1. The minimum Gasteiger partial charge on any atom is -0.408 e. The molecular formula is C13H17N3O4S. The van der Waals surface area contributed by atoms with Gasteiger partial charge in [0.25, 0.3) is 0 Å². The van der Waals surface area contributed by atoms with E-state index in [9.17, 15) is 13.2 Å². The van der Waals surface area contributed by atoms with Crippen molar-refractivity contribution in [2.24, 2.45) is 0 Å². The summed E-state index contributed by atoms with van der Waals surface area (Å²) < 4.78 is 31.7. The molecule has 2 heterocycles. The van der Waals surface area contributed by atoms with Gasteiger partial charge in [0, 0.05) is 25.2 Å². The van der Waals surface area contributed by atoms with E-state index in [4.69, 9.17) is 4.42 Å². The lowest BCUT2D eigenvalue weighted by Gasteiger charge is -2.31. The lowest BCUT2D eigenvalue weighted by molar-refractivity contribution is 0.293. The van der Waals surface area contributed by atoms with Gasteiger partial charge in [-0.25, -0.2) is 13.2 Å². The highest BCUT2D eigenvalue weighted by Gasteiger charge is 2.30. The Labute approximate surface area is 122 Å². The Morgan fingerprint density at radius 1 is 1.43 bits per heavy atom. The Bertz CT molecular complexity index is 808. The summed E-state index contributed by atoms with van der Waals surface area (Å²) in [6.07, 6.45) is 1.79. The predicted molar refractivity (Wildman–Crippen MR) is 77.7 cm³/mol. The quantitative estimate of drug-likeness (QED) is 0.860. The topological polar surface area (TPSA) is 95.4 Å². The molecule has 1 atom stereocenters. The minimum absolute atomic E-state index is 0.148. The second kappa shape index (κ2) is 5.28. The molecule has 2 N–H and O–H groups in total. The highest BCUT2D eigenvalue weighted by molar-refractivity contribution is 7.89. The second-order valence-electron chi connectivity index (χ2n) is 5.16. The Morgan fingerprint density at radius 3 is 3.00 bits per heavy atom. The summed E-state index contributed by atoms with van der Waals surface area (Å²) in [5.74, 6) is -0.590. The zero-order valence-electron chi connectivity index (χ0n) is 11.6. The zero-order valence-corrected chi connectivity index (χ0v) is 12.4. The van der Waals surface area contributed by atoms with Gasteiger partial charge < -0.3 is 9.73 Å². The summed E-state index contributed by atoms with van der Waals surface area (Å²) in [4.78, 5) is 13.8. The molecule has 0 saturated carbocycles. The molecule has 1 unspecified atom stereocenters. The van der Waals surface area contributed by atoms with Crippen molar-refractivity contribution in [3.8, 4) is 0 Å². The monoisotopic (exact) mass is 311 g/mol. The number of benzene rings is 1. The maximum atomic E-state index is 12.7. The van der Waals surface area contributed by atoms with Crippen LogP contribution >= 0.6 is 0 Å². The van der Waals surface area contributed by atoms with Gasteiger partial charge in [0.2, 0.25) is 10.0 Å². The molecule has 0 radical (unpaired) electrons. The van der Waals surface area contributed by atoms with Crippen molar-refractivity contribution in [1.82, 2.24) is 14.6 Å². The van der Waals surface area contributed by atoms with Crippen LogP contribution in [0.4, 0.5) is 0 Å². The van der Waals surface area contributed by atoms with Crippen molar-refractivity contribution < 1.29 is 12.8 Å². The maximum Gasteiger partial charge on any atom is 0.417 e. The van der Waals surface area contributed by atoms with Crippen LogP contribution in [0, 0.1) is 0 Å². The number of fused-ring (bicyclic) bond motifs is 1. The second-order valence-corrected chi connectivity index (χ2v) is 7.10. The first-order valence-electron chi connectivity index (χ1n) is 6.81. The Hall–Kier alpha value is -1.64. The molecule has 0 bridgehead atoms. The van der Waals surface area contributed by atoms with E-state index in [1.807, 2.05) is 7.05 Å². The van der Waals surface area contributed by atoms with Crippen LogP contribution in [0.1, 0.15) is 12.8 Å². The smallest absolute Gasteiger partial charge is 0.408 e. The fourth-order valence-electron chi connectivity index (χ4n) is 2.63. The van der Waals surface area contributed by atoms with Gasteiger partial charge in [-0.15, -0.1) is 0 Å². The molecule has 1 aromatic carbocycles. The van der Waals surface area contributed by atoms with Gasteiger partial charge in [-0.1, -0.05) is 0 Å². The van der Waals surface area contributed by atoms with E-state index in [0.29, 0.717) is 18.6 Å². The number of aromatic nitrogens is 1. The first kappa shape index (κ1) is 14.3. The van der Waals surface area contributed by atoms with Crippen LogP contribution in [-0.4, -0.2) is 43.9 Å². The van der Waals surface area contributed by atoms with Gasteiger partial charge in [-0.3, -0.25) is 4.98 Å². The van der Waals surface area contributed by atoms with Crippen LogP contribution in [0.5, 0.6) is 0 Å². The van der Waals surface area contributed by atoms with Crippen molar-refractivity contribution in [1.29, 1.82) is 0 Å². The molecule has 1 aliphatic rings. The molecule has 2 aromatic rings. The van der Waals surface area contributed by atoms with Gasteiger partial charge in [0.05, 0.1) is 10.4 Å². The molecule has 1 saturated heterocycles. The number of sulfonamides is 1. The van der Waals surface area contributed by atoms with Crippen LogP contribution < -0.4 is 11.1 Å². The fraction of sp³-hybridized carbons (Fsp3) is 0.462. The van der Waals surface area contributed by atoms with E-state index in [2.05, 4.69) is 10.3 Å². The summed E-state index contributed by atoms with van der Waals surface area (Å²) in [6, 6.07) is 4.60. The van der Waals surface area contributed by atoms with Crippen LogP contribution in [0.25, 0.3) is 11.1 Å². The van der Waals surface area contributed by atoms with Crippen LogP contribution in [-0.2, 0) is 10.0 Å². The van der Waals surface area contributed by atoms with Crippen LogP contribution in [0.2, 0.25) is 0 Å². The molecule has 0 aliphatic carbocycles. The Kier molecular flexibility index (Phi) is 3.60. The molecule has 0 amide bonds. The summed E-state index contributed by atoms with van der Waals surface area (Å²) in [6.45, 7) is 0.962. The molecule has 8 heteroatoms. The van der Waals surface area contributed by atoms with E-state index in [-0.39, 0.29) is 16.5 Å². The maximum absolute atomic E-state index is 12.7. The first-order valence-corrected chi connectivity index (χ1v) is 8.25. The molecule has 21 heavy (non-hydrogen) atoms. The van der Waals surface area contributed by atoms with Gasteiger partial charge >= 0.3 is 5.76 Å². The standard InChI is InChI=1S/C13H17N3O4S/c1-14-9-3-2-6-16(8-9)21(18,19)10-4-5-11-12(7-10)20-13(17)15-11/h4-5,7,9,14H,2-3,6,8H2,1H3,(H,15,17). The van der Waals surface area contributed by atoms with Gasteiger partial charge in [0.1, 0.15) is 0 Å². The molecule has 0 spiro atoms. The number of aromatic amines is 1. The van der Waals surface area contributed by atoms with E-state index >= 15 is 0 Å². The third kappa shape index (κ3) is 2.61. The lowest BCUT2D eigenvalue weighted by Crippen LogP contribution is -2.46. The number of hydrogen-bond donors (Lipinski definition) is 2. The molecule has 114 valence electrons. The third-order valence-electron chi connectivity index (χ3n) is 3.82. The van der Waals surface area contributed by atoms with Gasteiger partial charge in [0.15, 0.2) is 5.58 Å².